The smallest absolute Gasteiger partial charge is 0.246 e. The van der Waals surface area contributed by atoms with Gasteiger partial charge < -0.3 is 10.5 Å². The van der Waals surface area contributed by atoms with E-state index in [1.807, 2.05) is 0 Å². The van der Waals surface area contributed by atoms with Gasteiger partial charge in [0, 0.05) is 24.7 Å². The molecule has 0 aliphatic carbocycles. The Morgan fingerprint density at radius 2 is 2.00 bits per heavy atom. The number of nitrogens with zero attached hydrogens (tertiary/aromatic N) is 1. The zero-order chi connectivity index (χ0) is 15.5. The topological polar surface area (TPSA) is 72.6 Å². The molecule has 0 saturated carbocycles. The number of hydrogen-bond donors (Lipinski definition) is 1. The van der Waals surface area contributed by atoms with Crippen molar-refractivity contribution >= 4 is 38.9 Å². The number of benzene rings is 1. The van der Waals surface area contributed by atoms with E-state index in [0.717, 1.165) is 0 Å². The summed E-state index contributed by atoms with van der Waals surface area (Å²) in [5.74, 6) is 0. The van der Waals surface area contributed by atoms with Gasteiger partial charge in [-0.3, -0.25) is 0 Å². The second kappa shape index (κ2) is 6.95. The molecular formula is C12H18Cl2N2O3S. The van der Waals surface area contributed by atoms with Crippen molar-refractivity contribution in [3.63, 3.8) is 0 Å². The molecule has 0 aliphatic heterocycles. The molecule has 20 heavy (non-hydrogen) atoms. The maximum absolute atomic E-state index is 12.7. The van der Waals surface area contributed by atoms with Gasteiger partial charge in [0.15, 0.2) is 0 Å². The molecule has 5 nitrogen and oxygen atoms in total. The minimum Gasteiger partial charge on any atom is -0.398 e. The second-order valence-electron chi connectivity index (χ2n) is 4.32. The monoisotopic (exact) mass is 340 g/mol. The van der Waals surface area contributed by atoms with Crippen LogP contribution in [0.2, 0.25) is 10.0 Å². The Labute approximate surface area is 129 Å². The number of anilines is 1. The molecule has 0 aliphatic rings. The van der Waals surface area contributed by atoms with Gasteiger partial charge in [-0.25, -0.2) is 8.42 Å². The number of rotatable bonds is 6. The largest absolute Gasteiger partial charge is 0.398 e. The second-order valence-corrected chi connectivity index (χ2v) is 6.99. The number of ether oxygens (including phenoxy) is 1. The summed E-state index contributed by atoms with van der Waals surface area (Å²) in [6.07, 6.45) is 0. The number of likely N-dealkylation sites (N-methyl/N-ethyl adjacent to an activating group) is 1. The Kier molecular flexibility index (Phi) is 6.09. The fraction of sp³-hybridized carbons (Fsp3) is 0.500. The normalized spacial score (nSPS) is 13.7. The van der Waals surface area contributed by atoms with Crippen LogP contribution in [0.4, 0.5) is 5.69 Å². The third-order valence-corrected chi connectivity index (χ3v) is 5.65. The summed E-state index contributed by atoms with van der Waals surface area (Å²) in [5, 5.41) is 0.303. The average molecular weight is 341 g/mol. The standard InChI is InChI=1S/C12H18Cl2N2O3S/c1-4-16(8(2)7-19-3)20(17,18)12-10(14)5-9(13)6-11(12)15/h5-6,8H,4,7,15H2,1-3H3. The van der Waals surface area contributed by atoms with Gasteiger partial charge in [-0.05, 0) is 19.1 Å². The van der Waals surface area contributed by atoms with E-state index in [1.54, 1.807) is 13.8 Å². The lowest BCUT2D eigenvalue weighted by molar-refractivity contribution is 0.143. The van der Waals surface area contributed by atoms with E-state index in [4.69, 9.17) is 33.7 Å². The number of halogens is 2. The van der Waals surface area contributed by atoms with Gasteiger partial charge in [-0.1, -0.05) is 30.1 Å². The quantitative estimate of drug-likeness (QED) is 0.808. The van der Waals surface area contributed by atoms with Crippen LogP contribution in [0.15, 0.2) is 17.0 Å². The first kappa shape index (κ1) is 17.5. The van der Waals surface area contributed by atoms with Gasteiger partial charge in [-0.2, -0.15) is 4.31 Å². The molecule has 0 saturated heterocycles. The van der Waals surface area contributed by atoms with Gasteiger partial charge in [0.25, 0.3) is 0 Å². The zero-order valence-corrected chi connectivity index (χ0v) is 13.9. The molecule has 1 atom stereocenters. The van der Waals surface area contributed by atoms with Crippen molar-refractivity contribution in [3.8, 4) is 0 Å². The molecule has 0 aromatic heterocycles. The van der Waals surface area contributed by atoms with Crippen LogP contribution in [0.5, 0.6) is 0 Å². The van der Waals surface area contributed by atoms with Gasteiger partial charge in [0.05, 0.1) is 17.3 Å². The van der Waals surface area contributed by atoms with Gasteiger partial charge in [-0.15, -0.1) is 0 Å². The van der Waals surface area contributed by atoms with Gasteiger partial charge >= 0.3 is 0 Å². The van der Waals surface area contributed by atoms with Crippen LogP contribution in [0.25, 0.3) is 0 Å². The third-order valence-electron chi connectivity index (χ3n) is 2.81. The molecule has 0 spiro atoms. The molecule has 1 unspecified atom stereocenters. The average Bonchev–Trinajstić information content (AvgIpc) is 2.27. The predicted octanol–water partition coefficient (Wildman–Crippen LogP) is 2.62. The molecule has 0 heterocycles. The highest BCUT2D eigenvalue weighted by molar-refractivity contribution is 7.89. The number of nitrogen functional groups attached to an aromatic ring is 1. The van der Waals surface area contributed by atoms with E-state index >= 15 is 0 Å². The number of methoxy groups -OCH3 is 1. The maximum atomic E-state index is 12.7. The molecule has 114 valence electrons. The first-order valence-electron chi connectivity index (χ1n) is 6.01. The Bertz CT molecular complexity index is 555. The zero-order valence-electron chi connectivity index (χ0n) is 11.6. The molecule has 2 N–H and O–H groups in total. The van der Waals surface area contributed by atoms with Crippen molar-refractivity contribution in [2.45, 2.75) is 24.8 Å². The summed E-state index contributed by atoms with van der Waals surface area (Å²) in [6, 6.07) is 2.40. The molecule has 0 amide bonds. The minimum absolute atomic E-state index is 0.0121. The summed E-state index contributed by atoms with van der Waals surface area (Å²) in [6.45, 7) is 4.05. The maximum Gasteiger partial charge on any atom is 0.246 e. The lowest BCUT2D eigenvalue weighted by atomic mass is 10.3. The van der Waals surface area contributed by atoms with Gasteiger partial charge in [0.2, 0.25) is 10.0 Å². The first-order chi connectivity index (χ1) is 9.25. The van der Waals surface area contributed by atoms with E-state index in [2.05, 4.69) is 0 Å². The minimum atomic E-state index is -3.81. The Morgan fingerprint density at radius 3 is 2.45 bits per heavy atom. The third kappa shape index (κ3) is 3.56. The summed E-state index contributed by atoms with van der Waals surface area (Å²) < 4.78 is 31.7. The molecule has 1 rings (SSSR count). The van der Waals surface area contributed by atoms with Crippen molar-refractivity contribution in [2.75, 3.05) is 26.0 Å². The lowest BCUT2D eigenvalue weighted by Crippen LogP contribution is -2.41. The highest BCUT2D eigenvalue weighted by Gasteiger charge is 2.31. The van der Waals surface area contributed by atoms with Crippen LogP contribution in [0, 0.1) is 0 Å². The molecule has 0 radical (unpaired) electrons. The summed E-state index contributed by atoms with van der Waals surface area (Å²) in [5.41, 5.74) is 5.80. The Balaban J connectivity index is 3.35. The fourth-order valence-corrected chi connectivity index (χ4v) is 4.59. The molecule has 8 heteroatoms. The highest BCUT2D eigenvalue weighted by atomic mass is 35.5. The van der Waals surface area contributed by atoms with Crippen LogP contribution in [0.3, 0.4) is 0 Å². The van der Waals surface area contributed by atoms with Gasteiger partial charge in [0.1, 0.15) is 4.90 Å². The van der Waals surface area contributed by atoms with E-state index in [-0.39, 0.29) is 34.8 Å². The molecule has 1 aromatic rings. The van der Waals surface area contributed by atoms with E-state index in [1.165, 1.54) is 23.5 Å². The molecular weight excluding hydrogens is 323 g/mol. The summed E-state index contributed by atoms with van der Waals surface area (Å²) in [7, 11) is -2.30. The van der Waals surface area contributed by atoms with E-state index in [9.17, 15) is 8.42 Å². The van der Waals surface area contributed by atoms with Crippen molar-refractivity contribution < 1.29 is 13.2 Å². The van der Waals surface area contributed by atoms with Crippen molar-refractivity contribution in [1.29, 1.82) is 0 Å². The first-order valence-corrected chi connectivity index (χ1v) is 8.20. The SMILES string of the molecule is CCN(C(C)COC)S(=O)(=O)c1c(N)cc(Cl)cc1Cl. The van der Waals surface area contributed by atoms with Crippen molar-refractivity contribution in [1.82, 2.24) is 4.31 Å². The highest BCUT2D eigenvalue weighted by Crippen LogP contribution is 2.33. The predicted molar refractivity (Wildman–Crippen MR) is 81.8 cm³/mol. The summed E-state index contributed by atoms with van der Waals surface area (Å²) >= 11 is 11.8. The molecule has 0 bridgehead atoms. The van der Waals surface area contributed by atoms with Crippen molar-refractivity contribution in [3.05, 3.63) is 22.2 Å². The number of hydrogen-bond acceptors (Lipinski definition) is 4. The van der Waals surface area contributed by atoms with E-state index in [0.29, 0.717) is 5.02 Å². The van der Waals surface area contributed by atoms with Crippen LogP contribution in [0.1, 0.15) is 13.8 Å². The fourth-order valence-electron chi connectivity index (χ4n) is 2.01. The lowest BCUT2D eigenvalue weighted by Gasteiger charge is -2.27. The number of nitrogens with two attached hydrogens (primary N) is 1. The van der Waals surface area contributed by atoms with Crippen LogP contribution in [-0.2, 0) is 14.8 Å². The molecule has 0 fully saturated rings. The van der Waals surface area contributed by atoms with Crippen LogP contribution in [-0.4, -0.2) is 39.0 Å². The Hall–Kier alpha value is -0.530. The van der Waals surface area contributed by atoms with Crippen LogP contribution < -0.4 is 5.73 Å². The molecule has 1 aromatic carbocycles. The van der Waals surface area contributed by atoms with Crippen molar-refractivity contribution in [2.24, 2.45) is 0 Å². The number of sulfonamides is 1. The van der Waals surface area contributed by atoms with E-state index < -0.39 is 10.0 Å². The summed E-state index contributed by atoms with van der Waals surface area (Å²) in [4.78, 5) is -0.117. The van der Waals surface area contributed by atoms with Crippen LogP contribution >= 0.6 is 23.2 Å². The Morgan fingerprint density at radius 1 is 1.40 bits per heavy atom.